The Morgan fingerprint density at radius 3 is 2.00 bits per heavy atom. The Labute approximate surface area is 135 Å². The van der Waals surface area contributed by atoms with E-state index in [1.54, 1.807) is 0 Å². The van der Waals surface area contributed by atoms with Crippen molar-refractivity contribution in [3.8, 4) is 0 Å². The molecule has 0 aliphatic heterocycles. The Morgan fingerprint density at radius 1 is 0.957 bits per heavy atom. The molecule has 0 aliphatic rings. The summed E-state index contributed by atoms with van der Waals surface area (Å²) in [4.78, 5) is 45.6. The highest BCUT2D eigenvalue weighted by Gasteiger charge is 2.21. The number of hydrogen-bond donors (Lipinski definition) is 5. The van der Waals surface area contributed by atoms with Crippen LogP contribution in [0.25, 0.3) is 0 Å². The van der Waals surface area contributed by atoms with E-state index in [4.69, 9.17) is 10.8 Å². The predicted octanol–water partition coefficient (Wildman–Crippen LogP) is -1.43. The average molecular weight is 330 g/mol. The summed E-state index contributed by atoms with van der Waals surface area (Å²) in [6.45, 7) is 6.27. The summed E-state index contributed by atoms with van der Waals surface area (Å²) >= 11 is 0. The molecule has 0 saturated heterocycles. The first-order valence-corrected chi connectivity index (χ1v) is 7.40. The highest BCUT2D eigenvalue weighted by molar-refractivity contribution is 5.92. The molecule has 0 aromatic carbocycles. The minimum atomic E-state index is -1.18. The number of carboxylic acids is 1. The minimum absolute atomic E-state index is 0.254. The molecule has 0 saturated carbocycles. The Balaban J connectivity index is 4.21. The number of nitrogens with two attached hydrogens (primary N) is 1. The summed E-state index contributed by atoms with van der Waals surface area (Å²) in [5, 5.41) is 15.7. The third-order valence-electron chi connectivity index (χ3n) is 2.99. The van der Waals surface area contributed by atoms with E-state index in [9.17, 15) is 19.2 Å². The second-order valence-corrected chi connectivity index (χ2v) is 5.81. The maximum absolute atomic E-state index is 11.7. The number of carbonyl (C=O) groups is 4. The summed E-state index contributed by atoms with van der Waals surface area (Å²) in [5.74, 6) is -2.56. The summed E-state index contributed by atoms with van der Waals surface area (Å²) < 4.78 is 0. The van der Waals surface area contributed by atoms with Crippen LogP contribution in [0.1, 0.15) is 34.1 Å². The third-order valence-corrected chi connectivity index (χ3v) is 2.99. The smallest absolute Gasteiger partial charge is 0.325 e. The van der Waals surface area contributed by atoms with Crippen molar-refractivity contribution in [2.75, 3.05) is 6.54 Å². The van der Waals surface area contributed by atoms with Crippen LogP contribution in [0.5, 0.6) is 0 Å². The van der Waals surface area contributed by atoms with Crippen molar-refractivity contribution < 1.29 is 24.3 Å². The number of carbonyl (C=O) groups excluding carboxylic acids is 3. The molecule has 9 nitrogen and oxygen atoms in total. The van der Waals surface area contributed by atoms with E-state index >= 15 is 0 Å². The van der Waals surface area contributed by atoms with Crippen LogP contribution in [-0.2, 0) is 19.2 Å². The van der Waals surface area contributed by atoms with Gasteiger partial charge in [0, 0.05) is 0 Å². The lowest BCUT2D eigenvalue weighted by Gasteiger charge is -2.17. The number of hydrogen-bond acceptors (Lipinski definition) is 5. The van der Waals surface area contributed by atoms with Gasteiger partial charge < -0.3 is 26.8 Å². The summed E-state index contributed by atoms with van der Waals surface area (Å²) in [6, 6.07) is -2.68. The molecule has 0 fully saturated rings. The number of aliphatic carboxylic acids is 1. The van der Waals surface area contributed by atoms with E-state index < -0.39 is 41.8 Å². The first-order chi connectivity index (χ1) is 10.5. The first-order valence-electron chi connectivity index (χ1n) is 7.40. The molecule has 6 N–H and O–H groups in total. The molecule has 0 aromatic heterocycles. The van der Waals surface area contributed by atoms with Crippen molar-refractivity contribution in [2.45, 2.75) is 52.2 Å². The van der Waals surface area contributed by atoms with Gasteiger partial charge in [0.25, 0.3) is 0 Å². The van der Waals surface area contributed by atoms with Crippen LogP contribution in [-0.4, -0.2) is 53.5 Å². The molecule has 0 heterocycles. The fraction of sp³-hybridized carbons (Fsp3) is 0.714. The quantitative estimate of drug-likeness (QED) is 0.350. The van der Waals surface area contributed by atoms with Crippen LogP contribution >= 0.6 is 0 Å². The lowest BCUT2D eigenvalue weighted by atomic mass is 10.0. The van der Waals surface area contributed by atoms with Gasteiger partial charge in [0.1, 0.15) is 12.1 Å². The maximum atomic E-state index is 11.7. The lowest BCUT2D eigenvalue weighted by Crippen LogP contribution is -2.52. The molecule has 0 radical (unpaired) electrons. The molecule has 23 heavy (non-hydrogen) atoms. The maximum Gasteiger partial charge on any atom is 0.325 e. The van der Waals surface area contributed by atoms with E-state index in [2.05, 4.69) is 16.0 Å². The molecule has 0 bridgehead atoms. The van der Waals surface area contributed by atoms with Crippen molar-refractivity contribution in [3.63, 3.8) is 0 Å². The van der Waals surface area contributed by atoms with Gasteiger partial charge in [-0.1, -0.05) is 13.8 Å². The number of rotatable bonds is 9. The van der Waals surface area contributed by atoms with Gasteiger partial charge in [0.05, 0.1) is 12.6 Å². The van der Waals surface area contributed by atoms with Gasteiger partial charge in [-0.15, -0.1) is 0 Å². The van der Waals surface area contributed by atoms with Gasteiger partial charge in [-0.25, -0.2) is 0 Å². The van der Waals surface area contributed by atoms with Crippen LogP contribution in [0.15, 0.2) is 0 Å². The van der Waals surface area contributed by atoms with Gasteiger partial charge in [-0.05, 0) is 26.2 Å². The second kappa shape index (κ2) is 9.78. The lowest BCUT2D eigenvalue weighted by molar-refractivity contribution is -0.141. The van der Waals surface area contributed by atoms with Crippen LogP contribution in [0.2, 0.25) is 0 Å². The zero-order valence-corrected chi connectivity index (χ0v) is 13.9. The van der Waals surface area contributed by atoms with Crippen molar-refractivity contribution in [1.82, 2.24) is 16.0 Å². The summed E-state index contributed by atoms with van der Waals surface area (Å²) in [7, 11) is 0. The highest BCUT2D eigenvalue weighted by Crippen LogP contribution is 2.02. The van der Waals surface area contributed by atoms with E-state index in [0.717, 1.165) is 0 Å². The molecule has 0 aromatic rings. The van der Waals surface area contributed by atoms with E-state index in [-0.39, 0.29) is 12.5 Å². The van der Waals surface area contributed by atoms with Gasteiger partial charge in [0.2, 0.25) is 17.7 Å². The minimum Gasteiger partial charge on any atom is -0.480 e. The monoisotopic (exact) mass is 330 g/mol. The molecular weight excluding hydrogens is 304 g/mol. The SMILES string of the molecule is CC(C)C[C@H](N)C(=O)NCC(=O)N[C@@H](C)C(=O)N[C@@H](C)C(=O)O. The second-order valence-electron chi connectivity index (χ2n) is 5.81. The Morgan fingerprint density at radius 2 is 1.52 bits per heavy atom. The molecule has 0 aliphatic carbocycles. The van der Waals surface area contributed by atoms with Gasteiger partial charge >= 0.3 is 5.97 Å². The Hall–Kier alpha value is -2.16. The number of amides is 3. The van der Waals surface area contributed by atoms with Gasteiger partial charge in [-0.2, -0.15) is 0 Å². The molecule has 3 amide bonds. The summed E-state index contributed by atoms with van der Waals surface area (Å²) in [6.07, 6.45) is 0.499. The van der Waals surface area contributed by atoms with E-state index in [1.165, 1.54) is 13.8 Å². The van der Waals surface area contributed by atoms with Crippen molar-refractivity contribution in [3.05, 3.63) is 0 Å². The fourth-order valence-electron chi connectivity index (χ4n) is 1.67. The molecular formula is C14H26N4O5. The molecule has 0 rings (SSSR count). The zero-order chi connectivity index (χ0) is 18.2. The van der Waals surface area contributed by atoms with Crippen LogP contribution in [0.4, 0.5) is 0 Å². The highest BCUT2D eigenvalue weighted by atomic mass is 16.4. The number of carboxylic acid groups (broad SMARTS) is 1. The average Bonchev–Trinajstić information content (AvgIpc) is 2.43. The summed E-state index contributed by atoms with van der Waals surface area (Å²) in [5.41, 5.74) is 5.67. The largest absolute Gasteiger partial charge is 0.480 e. The van der Waals surface area contributed by atoms with Crippen LogP contribution in [0, 0.1) is 5.92 Å². The van der Waals surface area contributed by atoms with Crippen molar-refractivity contribution in [1.29, 1.82) is 0 Å². The topological polar surface area (TPSA) is 151 Å². The standard InChI is InChI=1S/C14H26N4O5/c1-7(2)5-10(15)13(21)16-6-11(19)17-8(3)12(20)18-9(4)14(22)23/h7-10H,5-6,15H2,1-4H3,(H,16,21)(H,17,19)(H,18,20)(H,22,23)/t8-,9-,10-/m0/s1. The number of nitrogens with one attached hydrogen (secondary N) is 3. The first kappa shape index (κ1) is 20.8. The fourth-order valence-corrected chi connectivity index (χ4v) is 1.67. The predicted molar refractivity (Wildman–Crippen MR) is 83.3 cm³/mol. The molecule has 3 atom stereocenters. The molecule has 0 unspecified atom stereocenters. The zero-order valence-electron chi connectivity index (χ0n) is 13.9. The van der Waals surface area contributed by atoms with Crippen molar-refractivity contribution >= 4 is 23.7 Å². The van der Waals surface area contributed by atoms with Crippen molar-refractivity contribution in [2.24, 2.45) is 11.7 Å². The van der Waals surface area contributed by atoms with E-state index in [1.807, 2.05) is 13.8 Å². The molecule has 132 valence electrons. The van der Waals surface area contributed by atoms with Crippen LogP contribution < -0.4 is 21.7 Å². The van der Waals surface area contributed by atoms with Crippen LogP contribution in [0.3, 0.4) is 0 Å². The molecule has 0 spiro atoms. The van der Waals surface area contributed by atoms with E-state index in [0.29, 0.717) is 6.42 Å². The Bertz CT molecular complexity index is 452. The van der Waals surface area contributed by atoms with Gasteiger partial charge in [-0.3, -0.25) is 19.2 Å². The third kappa shape index (κ3) is 8.77. The molecule has 9 heteroatoms. The van der Waals surface area contributed by atoms with Gasteiger partial charge in [0.15, 0.2) is 0 Å². The Kier molecular flexibility index (Phi) is 8.86. The normalized spacial score (nSPS) is 14.5.